The van der Waals surface area contributed by atoms with Gasteiger partial charge in [-0.05, 0) is 56.6 Å². The summed E-state index contributed by atoms with van der Waals surface area (Å²) in [6.07, 6.45) is 5.03. The Kier molecular flexibility index (Phi) is 8.95. The summed E-state index contributed by atoms with van der Waals surface area (Å²) in [7, 11) is 0. The van der Waals surface area contributed by atoms with E-state index in [9.17, 15) is 5.11 Å². The zero-order valence-corrected chi connectivity index (χ0v) is 17.1. The van der Waals surface area contributed by atoms with Gasteiger partial charge in [0.2, 0.25) is 0 Å². The fraction of sp³-hybridized carbons (Fsp3) is 0.650. The highest BCUT2D eigenvalue weighted by Gasteiger charge is 2.22. The summed E-state index contributed by atoms with van der Waals surface area (Å²) in [4.78, 5) is 4.73. The van der Waals surface area contributed by atoms with Crippen molar-refractivity contribution in [3.8, 4) is 11.5 Å². The molecular formula is C20H33N3O2S. The fourth-order valence-electron chi connectivity index (χ4n) is 3.27. The number of rotatable bonds is 8. The predicted molar refractivity (Wildman–Crippen MR) is 111 cm³/mol. The molecule has 0 radical (unpaired) electrons. The number of ether oxygens (including phenoxy) is 1. The normalized spacial score (nSPS) is 20.7. The Morgan fingerprint density at radius 2 is 2.15 bits per heavy atom. The van der Waals surface area contributed by atoms with Gasteiger partial charge in [0.05, 0.1) is 13.2 Å². The lowest BCUT2D eigenvalue weighted by Crippen LogP contribution is -2.45. The van der Waals surface area contributed by atoms with Crippen molar-refractivity contribution in [2.24, 2.45) is 4.99 Å². The number of nitrogens with one attached hydrogen (secondary N) is 2. The minimum absolute atomic E-state index is 0.172. The molecule has 0 heterocycles. The molecule has 0 saturated heterocycles. The van der Waals surface area contributed by atoms with Crippen molar-refractivity contribution in [2.75, 3.05) is 18.9 Å². The first kappa shape index (κ1) is 20.7. The Morgan fingerprint density at radius 3 is 2.88 bits per heavy atom. The summed E-state index contributed by atoms with van der Waals surface area (Å²) in [5.41, 5.74) is 1.02. The van der Waals surface area contributed by atoms with Crippen LogP contribution in [0.1, 0.15) is 52.0 Å². The molecule has 26 heavy (non-hydrogen) atoms. The second-order valence-electron chi connectivity index (χ2n) is 6.52. The van der Waals surface area contributed by atoms with Crippen LogP contribution < -0.4 is 15.4 Å². The molecule has 0 amide bonds. The molecule has 1 saturated carbocycles. The SMILES string of the molecule is CCNC(=NCc1ccc(O)c(OCC)c1)NC1CCCC(SCC)C1. The minimum atomic E-state index is 0.172. The van der Waals surface area contributed by atoms with Crippen molar-refractivity contribution in [1.82, 2.24) is 10.6 Å². The van der Waals surface area contributed by atoms with Crippen LogP contribution in [0.4, 0.5) is 0 Å². The molecule has 2 unspecified atom stereocenters. The molecule has 6 heteroatoms. The molecule has 0 aromatic heterocycles. The molecule has 1 aliphatic rings. The van der Waals surface area contributed by atoms with E-state index in [0.717, 1.165) is 23.3 Å². The van der Waals surface area contributed by atoms with Crippen molar-refractivity contribution < 1.29 is 9.84 Å². The van der Waals surface area contributed by atoms with Gasteiger partial charge in [0.1, 0.15) is 0 Å². The number of phenols is 1. The van der Waals surface area contributed by atoms with Crippen LogP contribution in [0.25, 0.3) is 0 Å². The van der Waals surface area contributed by atoms with Crippen LogP contribution in [-0.4, -0.2) is 41.3 Å². The monoisotopic (exact) mass is 379 g/mol. The molecule has 0 bridgehead atoms. The van der Waals surface area contributed by atoms with E-state index in [1.54, 1.807) is 6.07 Å². The Hall–Kier alpha value is -1.56. The molecule has 2 rings (SSSR count). The number of aliphatic imine (C=N–C) groups is 1. The van der Waals surface area contributed by atoms with Gasteiger partial charge in [-0.2, -0.15) is 11.8 Å². The lowest BCUT2D eigenvalue weighted by atomic mass is 9.95. The average Bonchev–Trinajstić information content (AvgIpc) is 2.63. The number of hydrogen-bond donors (Lipinski definition) is 3. The molecule has 5 nitrogen and oxygen atoms in total. The number of nitrogens with zero attached hydrogens (tertiary/aromatic N) is 1. The number of benzene rings is 1. The summed E-state index contributed by atoms with van der Waals surface area (Å²) in [5, 5.41) is 17.6. The number of hydrogen-bond acceptors (Lipinski definition) is 4. The van der Waals surface area contributed by atoms with Crippen LogP contribution in [-0.2, 0) is 6.54 Å². The van der Waals surface area contributed by atoms with E-state index in [0.29, 0.717) is 24.9 Å². The average molecular weight is 380 g/mol. The third kappa shape index (κ3) is 6.63. The summed E-state index contributed by atoms with van der Waals surface area (Å²) >= 11 is 2.08. The second-order valence-corrected chi connectivity index (χ2v) is 8.09. The molecule has 3 N–H and O–H groups in total. The van der Waals surface area contributed by atoms with E-state index in [4.69, 9.17) is 9.73 Å². The Bertz CT molecular complexity index is 578. The van der Waals surface area contributed by atoms with Gasteiger partial charge in [0.25, 0.3) is 0 Å². The van der Waals surface area contributed by atoms with Crippen molar-refractivity contribution in [3.63, 3.8) is 0 Å². The van der Waals surface area contributed by atoms with Crippen LogP contribution in [0.3, 0.4) is 0 Å². The summed E-state index contributed by atoms with van der Waals surface area (Å²) < 4.78 is 5.46. The number of phenolic OH excluding ortho intramolecular Hbond substituents is 1. The molecule has 1 aromatic rings. The quantitative estimate of drug-likeness (QED) is 0.472. The van der Waals surface area contributed by atoms with Gasteiger partial charge in [-0.1, -0.05) is 19.4 Å². The van der Waals surface area contributed by atoms with E-state index >= 15 is 0 Å². The second kappa shape index (κ2) is 11.2. The van der Waals surface area contributed by atoms with Crippen molar-refractivity contribution in [1.29, 1.82) is 0 Å². The van der Waals surface area contributed by atoms with Crippen molar-refractivity contribution in [3.05, 3.63) is 23.8 Å². The minimum Gasteiger partial charge on any atom is -0.504 e. The summed E-state index contributed by atoms with van der Waals surface area (Å²) in [5.74, 6) is 2.75. The first-order valence-corrected chi connectivity index (χ1v) is 10.8. The first-order valence-electron chi connectivity index (χ1n) is 9.77. The van der Waals surface area contributed by atoms with Gasteiger partial charge in [-0.25, -0.2) is 4.99 Å². The molecule has 1 fully saturated rings. The largest absolute Gasteiger partial charge is 0.504 e. The van der Waals surface area contributed by atoms with Crippen LogP contribution in [0.5, 0.6) is 11.5 Å². The van der Waals surface area contributed by atoms with Crippen molar-refractivity contribution >= 4 is 17.7 Å². The Labute approximate surface area is 162 Å². The number of guanidine groups is 1. The van der Waals surface area contributed by atoms with Crippen LogP contribution in [0.15, 0.2) is 23.2 Å². The lowest BCUT2D eigenvalue weighted by molar-refractivity contribution is 0.318. The maximum absolute atomic E-state index is 9.83. The molecule has 0 aliphatic heterocycles. The van der Waals surface area contributed by atoms with Gasteiger partial charge in [-0.15, -0.1) is 0 Å². The first-order chi connectivity index (χ1) is 12.7. The maximum Gasteiger partial charge on any atom is 0.191 e. The lowest BCUT2D eigenvalue weighted by Gasteiger charge is -2.30. The predicted octanol–water partition coefficient (Wildman–Crippen LogP) is 3.91. The molecular weight excluding hydrogens is 346 g/mol. The standard InChI is InChI=1S/C20H33N3O2S/c1-4-21-20(23-16-8-7-9-17(13-16)26-6-3)22-14-15-10-11-18(24)19(12-15)25-5-2/h10-12,16-17,24H,4-9,13-14H2,1-3H3,(H2,21,22,23). The highest BCUT2D eigenvalue weighted by Crippen LogP contribution is 2.29. The van der Waals surface area contributed by atoms with Gasteiger partial charge in [0.15, 0.2) is 17.5 Å². The Morgan fingerprint density at radius 1 is 1.31 bits per heavy atom. The van der Waals surface area contributed by atoms with Crippen LogP contribution >= 0.6 is 11.8 Å². The van der Waals surface area contributed by atoms with Crippen LogP contribution in [0, 0.1) is 0 Å². The summed E-state index contributed by atoms with van der Waals surface area (Å²) in [6, 6.07) is 5.91. The molecule has 146 valence electrons. The highest BCUT2D eigenvalue weighted by atomic mass is 32.2. The number of thioether (sulfide) groups is 1. The summed E-state index contributed by atoms with van der Waals surface area (Å²) in [6.45, 7) is 8.15. The van der Waals surface area contributed by atoms with E-state index in [1.165, 1.54) is 31.4 Å². The van der Waals surface area contributed by atoms with Gasteiger partial charge >= 0.3 is 0 Å². The Balaban J connectivity index is 1.98. The highest BCUT2D eigenvalue weighted by molar-refractivity contribution is 7.99. The third-order valence-corrected chi connectivity index (χ3v) is 5.69. The molecule has 1 aliphatic carbocycles. The van der Waals surface area contributed by atoms with E-state index in [-0.39, 0.29) is 5.75 Å². The van der Waals surface area contributed by atoms with Crippen LogP contribution in [0.2, 0.25) is 0 Å². The molecule has 2 atom stereocenters. The molecule has 0 spiro atoms. The van der Waals surface area contributed by atoms with E-state index in [1.807, 2.05) is 19.1 Å². The van der Waals surface area contributed by atoms with Crippen molar-refractivity contribution in [2.45, 2.75) is 64.3 Å². The van der Waals surface area contributed by atoms with Gasteiger partial charge in [0, 0.05) is 17.8 Å². The zero-order valence-electron chi connectivity index (χ0n) is 16.3. The van der Waals surface area contributed by atoms with E-state index < -0.39 is 0 Å². The number of aromatic hydroxyl groups is 1. The smallest absolute Gasteiger partial charge is 0.191 e. The zero-order chi connectivity index (χ0) is 18.8. The van der Waals surface area contributed by atoms with E-state index in [2.05, 4.69) is 36.2 Å². The fourth-order valence-corrected chi connectivity index (χ4v) is 4.45. The topological polar surface area (TPSA) is 65.9 Å². The molecule has 1 aromatic carbocycles. The van der Waals surface area contributed by atoms with Gasteiger partial charge in [-0.3, -0.25) is 0 Å². The third-order valence-electron chi connectivity index (χ3n) is 4.46. The van der Waals surface area contributed by atoms with Gasteiger partial charge < -0.3 is 20.5 Å². The maximum atomic E-state index is 9.83.